The van der Waals surface area contributed by atoms with Gasteiger partial charge in [0.2, 0.25) is 6.29 Å². The average Bonchev–Trinajstić information content (AvgIpc) is 2.48. The van der Waals surface area contributed by atoms with Gasteiger partial charge in [-0.15, -0.1) is 0 Å². The number of carbonyl (C=O) groups excluding carboxylic acids is 1. The Morgan fingerprint density at radius 2 is 1.86 bits per heavy atom. The first-order valence-corrected chi connectivity index (χ1v) is 6.53. The Balaban J connectivity index is 2.20. The Bertz CT molecular complexity index is 502. The first kappa shape index (κ1) is 15.9. The summed E-state index contributed by atoms with van der Waals surface area (Å²) in [6, 6.07) is 6.39. The minimum Gasteiger partial charge on any atom is -0.461 e. The third-order valence-corrected chi connectivity index (χ3v) is 3.36. The molecule has 1 aliphatic heterocycles. The van der Waals surface area contributed by atoms with Crippen LogP contribution in [0.25, 0.3) is 0 Å². The van der Waals surface area contributed by atoms with Gasteiger partial charge >= 0.3 is 0 Å². The molecule has 7 nitrogen and oxygen atoms in total. The SMILES string of the molecule is CC(=O)c1ccccc1O[C@H]1O[C@H](CO)[C@H](O)[C@@H](O)[C@@H]1O. The number of aliphatic hydroxyl groups is 4. The molecule has 5 atom stereocenters. The van der Waals surface area contributed by atoms with Crippen LogP contribution in [-0.2, 0) is 4.74 Å². The lowest BCUT2D eigenvalue weighted by atomic mass is 9.99. The number of Topliss-reactive ketones (excluding diaryl/α,β-unsaturated/α-hetero) is 1. The lowest BCUT2D eigenvalue weighted by molar-refractivity contribution is -0.277. The highest BCUT2D eigenvalue weighted by Crippen LogP contribution is 2.26. The van der Waals surface area contributed by atoms with Crippen LogP contribution in [0, 0.1) is 0 Å². The maximum atomic E-state index is 11.5. The van der Waals surface area contributed by atoms with Gasteiger partial charge in [0.1, 0.15) is 30.2 Å². The molecule has 0 spiro atoms. The molecule has 2 rings (SSSR count). The first-order valence-electron chi connectivity index (χ1n) is 6.53. The van der Waals surface area contributed by atoms with E-state index in [4.69, 9.17) is 14.6 Å². The van der Waals surface area contributed by atoms with Crippen molar-refractivity contribution in [1.29, 1.82) is 0 Å². The van der Waals surface area contributed by atoms with Crippen molar-refractivity contribution in [3.05, 3.63) is 29.8 Å². The van der Waals surface area contributed by atoms with Gasteiger partial charge in [0, 0.05) is 0 Å². The normalized spacial score (nSPS) is 32.7. The highest BCUT2D eigenvalue weighted by molar-refractivity contribution is 5.96. The molecule has 0 radical (unpaired) electrons. The summed E-state index contributed by atoms with van der Waals surface area (Å²) < 4.78 is 10.7. The van der Waals surface area contributed by atoms with E-state index in [1.165, 1.54) is 13.0 Å². The predicted octanol–water partition coefficient (Wildman–Crippen LogP) is -0.932. The van der Waals surface area contributed by atoms with Gasteiger partial charge in [0.05, 0.1) is 12.2 Å². The van der Waals surface area contributed by atoms with Crippen LogP contribution in [-0.4, -0.2) is 63.5 Å². The van der Waals surface area contributed by atoms with E-state index in [0.29, 0.717) is 5.56 Å². The molecule has 0 aromatic heterocycles. The summed E-state index contributed by atoms with van der Waals surface area (Å²) in [5.41, 5.74) is 0.300. The van der Waals surface area contributed by atoms with E-state index >= 15 is 0 Å². The average molecular weight is 298 g/mol. The van der Waals surface area contributed by atoms with Crippen molar-refractivity contribution in [1.82, 2.24) is 0 Å². The van der Waals surface area contributed by atoms with E-state index in [9.17, 15) is 20.1 Å². The number of ether oxygens (including phenoxy) is 2. The Labute approximate surface area is 121 Å². The Morgan fingerprint density at radius 3 is 2.48 bits per heavy atom. The molecule has 0 amide bonds. The zero-order valence-electron chi connectivity index (χ0n) is 11.4. The Kier molecular flexibility index (Phi) is 4.92. The van der Waals surface area contributed by atoms with Crippen LogP contribution in [0.5, 0.6) is 5.75 Å². The third kappa shape index (κ3) is 3.22. The number of carbonyl (C=O) groups is 1. The fourth-order valence-electron chi connectivity index (χ4n) is 2.15. The summed E-state index contributed by atoms with van der Waals surface area (Å²) in [4.78, 5) is 11.5. The molecule has 1 fully saturated rings. The van der Waals surface area contributed by atoms with Crippen LogP contribution in [0.3, 0.4) is 0 Å². The monoisotopic (exact) mass is 298 g/mol. The second kappa shape index (κ2) is 6.50. The molecule has 21 heavy (non-hydrogen) atoms. The van der Waals surface area contributed by atoms with Gasteiger partial charge in [-0.2, -0.15) is 0 Å². The Morgan fingerprint density at radius 1 is 1.19 bits per heavy atom. The van der Waals surface area contributed by atoms with Gasteiger partial charge in [0.25, 0.3) is 0 Å². The fourth-order valence-corrected chi connectivity index (χ4v) is 2.15. The summed E-state index contributed by atoms with van der Waals surface area (Å²) in [7, 11) is 0. The van der Waals surface area contributed by atoms with E-state index in [2.05, 4.69) is 0 Å². The minimum atomic E-state index is -1.52. The van der Waals surface area contributed by atoms with Gasteiger partial charge < -0.3 is 29.9 Å². The molecule has 4 N–H and O–H groups in total. The molecular formula is C14H18O7. The number of hydrogen-bond donors (Lipinski definition) is 4. The summed E-state index contributed by atoms with van der Waals surface area (Å²) >= 11 is 0. The summed E-state index contributed by atoms with van der Waals surface area (Å²) in [6.07, 6.45) is -6.85. The fraction of sp³-hybridized carbons (Fsp3) is 0.500. The summed E-state index contributed by atoms with van der Waals surface area (Å²) in [5, 5.41) is 38.4. The van der Waals surface area contributed by atoms with Crippen LogP contribution in [0.4, 0.5) is 0 Å². The molecule has 0 bridgehead atoms. The van der Waals surface area contributed by atoms with Gasteiger partial charge in [-0.1, -0.05) is 12.1 Å². The molecule has 0 aliphatic carbocycles. The molecule has 1 aromatic rings. The number of benzene rings is 1. The molecule has 7 heteroatoms. The predicted molar refractivity (Wildman–Crippen MR) is 70.8 cm³/mol. The Hall–Kier alpha value is -1.51. The molecule has 1 saturated heterocycles. The van der Waals surface area contributed by atoms with Crippen molar-refractivity contribution in [3.8, 4) is 5.75 Å². The van der Waals surface area contributed by atoms with Crippen LogP contribution >= 0.6 is 0 Å². The lowest BCUT2D eigenvalue weighted by Gasteiger charge is -2.39. The molecule has 1 heterocycles. The smallest absolute Gasteiger partial charge is 0.229 e. The number of rotatable bonds is 4. The van der Waals surface area contributed by atoms with Crippen LogP contribution in [0.2, 0.25) is 0 Å². The zero-order chi connectivity index (χ0) is 15.6. The quantitative estimate of drug-likeness (QED) is 0.530. The molecule has 0 unspecified atom stereocenters. The van der Waals surface area contributed by atoms with Crippen LogP contribution in [0.1, 0.15) is 17.3 Å². The maximum absolute atomic E-state index is 11.5. The molecule has 0 saturated carbocycles. The van der Waals surface area contributed by atoms with Crippen molar-refractivity contribution >= 4 is 5.78 Å². The van der Waals surface area contributed by atoms with Crippen molar-refractivity contribution in [3.63, 3.8) is 0 Å². The summed E-state index contributed by atoms with van der Waals surface area (Å²) in [6.45, 7) is 0.828. The third-order valence-electron chi connectivity index (χ3n) is 3.36. The van der Waals surface area contributed by atoms with Crippen LogP contribution in [0.15, 0.2) is 24.3 Å². The molecule has 1 aromatic carbocycles. The number of ketones is 1. The second-order valence-electron chi connectivity index (χ2n) is 4.87. The standard InChI is InChI=1S/C14H18O7/c1-7(16)8-4-2-3-5-9(8)20-14-13(19)12(18)11(17)10(6-15)21-14/h2-5,10-15,17-19H,6H2,1H3/t10-,11+,12-,13+,14+/m1/s1. The van der Waals surface area contributed by atoms with Crippen molar-refractivity contribution in [2.45, 2.75) is 37.6 Å². The molecule has 116 valence electrons. The van der Waals surface area contributed by atoms with E-state index in [-0.39, 0.29) is 11.5 Å². The van der Waals surface area contributed by atoms with E-state index in [0.717, 1.165) is 0 Å². The zero-order valence-corrected chi connectivity index (χ0v) is 11.4. The van der Waals surface area contributed by atoms with Crippen molar-refractivity contribution in [2.24, 2.45) is 0 Å². The number of aliphatic hydroxyl groups excluding tert-OH is 4. The highest BCUT2D eigenvalue weighted by Gasteiger charge is 2.44. The number of hydrogen-bond acceptors (Lipinski definition) is 7. The summed E-state index contributed by atoms with van der Waals surface area (Å²) in [5.74, 6) is -0.0375. The topological polar surface area (TPSA) is 116 Å². The lowest BCUT2D eigenvalue weighted by Crippen LogP contribution is -2.60. The van der Waals surface area contributed by atoms with E-state index in [1.807, 2.05) is 0 Å². The van der Waals surface area contributed by atoms with Gasteiger partial charge in [-0.25, -0.2) is 0 Å². The van der Waals surface area contributed by atoms with Crippen LogP contribution < -0.4 is 4.74 Å². The maximum Gasteiger partial charge on any atom is 0.229 e. The van der Waals surface area contributed by atoms with Crippen molar-refractivity contribution in [2.75, 3.05) is 6.61 Å². The van der Waals surface area contributed by atoms with Crippen molar-refractivity contribution < 1.29 is 34.7 Å². The molecule has 1 aliphatic rings. The second-order valence-corrected chi connectivity index (χ2v) is 4.87. The number of para-hydroxylation sites is 1. The van der Waals surface area contributed by atoms with Gasteiger partial charge in [-0.3, -0.25) is 4.79 Å². The first-order chi connectivity index (χ1) is 9.95. The largest absolute Gasteiger partial charge is 0.461 e. The van der Waals surface area contributed by atoms with Gasteiger partial charge in [-0.05, 0) is 19.1 Å². The molecular weight excluding hydrogens is 280 g/mol. The minimum absolute atomic E-state index is 0.189. The van der Waals surface area contributed by atoms with Gasteiger partial charge in [0.15, 0.2) is 5.78 Å². The van der Waals surface area contributed by atoms with E-state index in [1.54, 1.807) is 18.2 Å². The van der Waals surface area contributed by atoms with E-state index < -0.39 is 37.3 Å². The highest BCUT2D eigenvalue weighted by atomic mass is 16.7.